The van der Waals surface area contributed by atoms with Crippen LogP contribution in [0, 0.1) is 0 Å². The Labute approximate surface area is 157 Å². The Kier molecular flexibility index (Phi) is 5.41. The molecule has 1 N–H and O–H groups in total. The molecule has 1 amide bonds. The number of carbonyl (C=O) groups is 1. The summed E-state index contributed by atoms with van der Waals surface area (Å²) in [6.45, 7) is -0.294. The van der Waals surface area contributed by atoms with E-state index in [1.807, 2.05) is 0 Å². The van der Waals surface area contributed by atoms with E-state index in [1.54, 1.807) is 31.3 Å². The number of para-hydroxylation sites is 1. The summed E-state index contributed by atoms with van der Waals surface area (Å²) >= 11 is 0. The molecule has 0 spiro atoms. The topological polar surface area (TPSA) is 80.1 Å². The van der Waals surface area contributed by atoms with Gasteiger partial charge in [0.05, 0.1) is 29.9 Å². The summed E-state index contributed by atoms with van der Waals surface area (Å²) in [7, 11) is 1.54. The van der Waals surface area contributed by atoms with Crippen LogP contribution in [0.15, 0.2) is 53.3 Å². The highest BCUT2D eigenvalue weighted by Gasteiger charge is 2.33. The SMILES string of the molecule is CN(CC(=O)Nc1ccccc1C(F)(F)F)Cn1nnc2ccccc2c1=O. The normalized spacial score (nSPS) is 11.8. The van der Waals surface area contributed by atoms with Crippen LogP contribution in [-0.2, 0) is 17.6 Å². The number of carbonyl (C=O) groups excluding carboxylic acids is 1. The van der Waals surface area contributed by atoms with Crippen LogP contribution in [0.3, 0.4) is 0 Å². The van der Waals surface area contributed by atoms with E-state index in [0.29, 0.717) is 10.9 Å². The molecule has 28 heavy (non-hydrogen) atoms. The van der Waals surface area contributed by atoms with Crippen molar-refractivity contribution in [1.29, 1.82) is 0 Å². The highest BCUT2D eigenvalue weighted by Crippen LogP contribution is 2.34. The average molecular weight is 391 g/mol. The maximum absolute atomic E-state index is 13.0. The molecule has 3 rings (SSSR count). The number of halogens is 3. The number of anilines is 1. The molecule has 10 heteroatoms. The van der Waals surface area contributed by atoms with Crippen LogP contribution >= 0.6 is 0 Å². The van der Waals surface area contributed by atoms with Crippen molar-refractivity contribution in [1.82, 2.24) is 19.9 Å². The van der Waals surface area contributed by atoms with Crippen molar-refractivity contribution in [3.8, 4) is 0 Å². The van der Waals surface area contributed by atoms with Gasteiger partial charge in [-0.2, -0.15) is 17.9 Å². The van der Waals surface area contributed by atoms with Crippen molar-refractivity contribution >= 4 is 22.5 Å². The zero-order valence-corrected chi connectivity index (χ0v) is 14.8. The van der Waals surface area contributed by atoms with Crippen molar-refractivity contribution in [2.24, 2.45) is 0 Å². The molecule has 0 aliphatic carbocycles. The molecular weight excluding hydrogens is 375 g/mol. The summed E-state index contributed by atoms with van der Waals surface area (Å²) in [5, 5.41) is 10.4. The Morgan fingerprint density at radius 3 is 2.57 bits per heavy atom. The third kappa shape index (κ3) is 4.34. The average Bonchev–Trinajstić information content (AvgIpc) is 2.63. The first-order valence-corrected chi connectivity index (χ1v) is 8.23. The summed E-state index contributed by atoms with van der Waals surface area (Å²) in [5.41, 5.74) is -1.17. The molecule has 0 fully saturated rings. The lowest BCUT2D eigenvalue weighted by atomic mass is 10.1. The van der Waals surface area contributed by atoms with Gasteiger partial charge >= 0.3 is 6.18 Å². The third-order valence-corrected chi connectivity index (χ3v) is 3.92. The van der Waals surface area contributed by atoms with Gasteiger partial charge in [0.1, 0.15) is 5.52 Å². The first-order valence-electron chi connectivity index (χ1n) is 8.23. The Balaban J connectivity index is 1.69. The van der Waals surface area contributed by atoms with Crippen LogP contribution in [0.4, 0.5) is 18.9 Å². The molecule has 0 unspecified atom stereocenters. The number of aromatic nitrogens is 3. The van der Waals surface area contributed by atoms with Crippen molar-refractivity contribution in [3.05, 3.63) is 64.4 Å². The van der Waals surface area contributed by atoms with Gasteiger partial charge in [0.25, 0.3) is 5.56 Å². The Morgan fingerprint density at radius 1 is 1.14 bits per heavy atom. The number of alkyl halides is 3. The summed E-state index contributed by atoms with van der Waals surface area (Å²) in [6.07, 6.45) is -4.58. The monoisotopic (exact) mass is 391 g/mol. The molecule has 3 aromatic rings. The van der Waals surface area contributed by atoms with Gasteiger partial charge in [0.15, 0.2) is 0 Å². The smallest absolute Gasteiger partial charge is 0.324 e. The number of hydrogen-bond donors (Lipinski definition) is 1. The molecule has 0 bridgehead atoms. The Bertz CT molecular complexity index is 1060. The summed E-state index contributed by atoms with van der Waals surface area (Å²) in [4.78, 5) is 26.0. The highest BCUT2D eigenvalue weighted by atomic mass is 19.4. The molecule has 0 aliphatic rings. The molecule has 146 valence electrons. The van der Waals surface area contributed by atoms with Crippen molar-refractivity contribution in [2.75, 3.05) is 18.9 Å². The van der Waals surface area contributed by atoms with E-state index in [2.05, 4.69) is 15.6 Å². The Hall–Kier alpha value is -3.27. The molecule has 2 aromatic carbocycles. The van der Waals surface area contributed by atoms with Crippen molar-refractivity contribution in [3.63, 3.8) is 0 Å². The fraction of sp³-hybridized carbons (Fsp3) is 0.222. The fourth-order valence-corrected chi connectivity index (χ4v) is 2.67. The second-order valence-electron chi connectivity index (χ2n) is 6.16. The molecule has 1 aromatic heterocycles. The minimum atomic E-state index is -4.58. The first kappa shape index (κ1) is 19.5. The van der Waals surface area contributed by atoms with E-state index >= 15 is 0 Å². The summed E-state index contributed by atoms with van der Waals surface area (Å²) in [6, 6.07) is 11.4. The predicted octanol–water partition coefficient (Wildman–Crippen LogP) is 2.34. The molecule has 7 nitrogen and oxygen atoms in total. The molecule has 0 atom stereocenters. The quantitative estimate of drug-likeness (QED) is 0.722. The first-order chi connectivity index (χ1) is 13.3. The molecule has 0 radical (unpaired) electrons. The lowest BCUT2D eigenvalue weighted by molar-refractivity contribution is -0.137. The second kappa shape index (κ2) is 7.77. The van der Waals surface area contributed by atoms with Crippen LogP contribution in [0.2, 0.25) is 0 Å². The fourth-order valence-electron chi connectivity index (χ4n) is 2.67. The lowest BCUT2D eigenvalue weighted by Crippen LogP contribution is -2.36. The minimum absolute atomic E-state index is 0.0506. The van der Waals surface area contributed by atoms with Gasteiger partial charge in [-0.1, -0.05) is 29.5 Å². The van der Waals surface area contributed by atoms with Gasteiger partial charge in [-0.15, -0.1) is 5.10 Å². The van der Waals surface area contributed by atoms with Gasteiger partial charge in [-0.3, -0.25) is 14.5 Å². The van der Waals surface area contributed by atoms with E-state index in [4.69, 9.17) is 0 Å². The maximum Gasteiger partial charge on any atom is 0.418 e. The van der Waals surface area contributed by atoms with E-state index in [-0.39, 0.29) is 24.5 Å². The lowest BCUT2D eigenvalue weighted by Gasteiger charge is -2.18. The number of nitrogens with one attached hydrogen (secondary N) is 1. The van der Waals surface area contributed by atoms with Crippen LogP contribution in [0.25, 0.3) is 10.9 Å². The molecule has 0 aliphatic heterocycles. The summed E-state index contributed by atoms with van der Waals surface area (Å²) < 4.78 is 40.1. The van der Waals surface area contributed by atoms with Gasteiger partial charge < -0.3 is 5.32 Å². The van der Waals surface area contributed by atoms with Crippen molar-refractivity contribution < 1.29 is 18.0 Å². The standard InChI is InChI=1S/C18H16F3N5O2/c1-25(11-26-17(28)12-6-2-4-8-14(12)23-24-26)10-16(27)22-15-9-5-3-7-13(15)18(19,20)21/h2-9H,10-11H2,1H3,(H,22,27). The van der Waals surface area contributed by atoms with E-state index in [0.717, 1.165) is 10.7 Å². The summed E-state index contributed by atoms with van der Waals surface area (Å²) in [5.74, 6) is -0.652. The van der Waals surface area contributed by atoms with Crippen LogP contribution < -0.4 is 10.9 Å². The van der Waals surface area contributed by atoms with E-state index < -0.39 is 17.6 Å². The highest BCUT2D eigenvalue weighted by molar-refractivity contribution is 5.93. The maximum atomic E-state index is 13.0. The van der Waals surface area contributed by atoms with E-state index in [1.165, 1.54) is 23.1 Å². The second-order valence-corrected chi connectivity index (χ2v) is 6.16. The van der Waals surface area contributed by atoms with Gasteiger partial charge in [0.2, 0.25) is 5.91 Å². The zero-order valence-electron chi connectivity index (χ0n) is 14.8. The molecule has 1 heterocycles. The van der Waals surface area contributed by atoms with Gasteiger partial charge in [-0.25, -0.2) is 0 Å². The van der Waals surface area contributed by atoms with Crippen LogP contribution in [0.1, 0.15) is 5.56 Å². The van der Waals surface area contributed by atoms with Crippen LogP contribution in [-0.4, -0.2) is 39.4 Å². The number of hydrogen-bond acceptors (Lipinski definition) is 5. The number of rotatable bonds is 5. The molecular formula is C18H16F3N5O2. The molecule has 0 saturated heterocycles. The van der Waals surface area contributed by atoms with Gasteiger partial charge in [0, 0.05) is 0 Å². The van der Waals surface area contributed by atoms with Crippen molar-refractivity contribution in [2.45, 2.75) is 12.8 Å². The number of benzene rings is 2. The number of nitrogens with zero attached hydrogens (tertiary/aromatic N) is 4. The minimum Gasteiger partial charge on any atom is -0.324 e. The largest absolute Gasteiger partial charge is 0.418 e. The molecule has 0 saturated carbocycles. The Morgan fingerprint density at radius 2 is 1.82 bits per heavy atom. The van der Waals surface area contributed by atoms with E-state index in [9.17, 15) is 22.8 Å². The zero-order chi connectivity index (χ0) is 20.3. The number of amides is 1. The van der Waals surface area contributed by atoms with Crippen LogP contribution in [0.5, 0.6) is 0 Å². The third-order valence-electron chi connectivity index (χ3n) is 3.92. The number of likely N-dealkylation sites (N-methyl/N-ethyl adjacent to an activating group) is 1. The number of fused-ring (bicyclic) bond motifs is 1. The predicted molar refractivity (Wildman–Crippen MR) is 96.5 cm³/mol. The van der Waals surface area contributed by atoms with Gasteiger partial charge in [-0.05, 0) is 31.3 Å².